The summed E-state index contributed by atoms with van der Waals surface area (Å²) in [5.74, 6) is 0.497. The molecule has 0 radical (unpaired) electrons. The van der Waals surface area contributed by atoms with Gasteiger partial charge in [-0.2, -0.15) is 0 Å². The van der Waals surface area contributed by atoms with Crippen LogP contribution in [0.5, 0.6) is 0 Å². The zero-order chi connectivity index (χ0) is 22.1. The molecule has 31 heavy (non-hydrogen) atoms. The molecule has 0 bridgehead atoms. The first kappa shape index (κ1) is 23.8. The minimum absolute atomic E-state index is 0.0556. The predicted octanol–water partition coefficient (Wildman–Crippen LogP) is 5.18. The third-order valence-corrected chi connectivity index (χ3v) is 8.37. The Morgan fingerprint density at radius 2 is 2.06 bits per heavy atom. The average molecular weight is 463 g/mol. The molecule has 0 spiro atoms. The number of thiophene rings is 1. The van der Waals surface area contributed by atoms with E-state index >= 15 is 0 Å². The number of carbonyl (C=O) groups excluding carboxylic acids is 2. The Bertz CT molecular complexity index is 878. The molecule has 2 aromatic rings. The number of ether oxygens (including phenoxy) is 1. The number of unbranched alkanes of at least 4 members (excludes halogenated alkanes) is 1. The van der Waals surface area contributed by atoms with Crippen molar-refractivity contribution >= 4 is 40.6 Å². The summed E-state index contributed by atoms with van der Waals surface area (Å²) < 4.78 is 5.09. The van der Waals surface area contributed by atoms with Gasteiger partial charge in [0, 0.05) is 28.5 Å². The fourth-order valence-corrected chi connectivity index (χ4v) is 6.56. The van der Waals surface area contributed by atoms with Gasteiger partial charge in [0.1, 0.15) is 6.61 Å². The highest BCUT2D eigenvalue weighted by Gasteiger charge is 2.38. The van der Waals surface area contributed by atoms with Gasteiger partial charge >= 0.3 is 0 Å². The van der Waals surface area contributed by atoms with E-state index in [0.29, 0.717) is 6.61 Å². The van der Waals surface area contributed by atoms with Gasteiger partial charge < -0.3 is 10.1 Å². The zero-order valence-corrected chi connectivity index (χ0v) is 19.4. The molecule has 1 aromatic carbocycles. The number of anilines is 1. The minimum Gasteiger partial charge on any atom is -0.372 e. The van der Waals surface area contributed by atoms with Crippen LogP contribution in [0.2, 0.25) is 0 Å². The smallest absolute Gasteiger partial charge is 0.250 e. The van der Waals surface area contributed by atoms with Gasteiger partial charge in [-0.3, -0.25) is 14.8 Å². The van der Waals surface area contributed by atoms with E-state index < -0.39 is 0 Å². The maximum absolute atomic E-state index is 12.1. The van der Waals surface area contributed by atoms with Crippen molar-refractivity contribution in [3.05, 3.63) is 41.3 Å². The first-order valence-electron chi connectivity index (χ1n) is 10.7. The van der Waals surface area contributed by atoms with E-state index in [9.17, 15) is 9.59 Å². The summed E-state index contributed by atoms with van der Waals surface area (Å²) in [6.07, 6.45) is 5.39. The van der Waals surface area contributed by atoms with Crippen LogP contribution in [-0.4, -0.2) is 36.0 Å². The Balaban J connectivity index is 1.72. The van der Waals surface area contributed by atoms with E-state index in [-0.39, 0.29) is 29.6 Å². The molecule has 0 saturated carbocycles. The molecule has 0 unspecified atom stereocenters. The molecule has 6 nitrogen and oxygen atoms in total. The second-order valence-electron chi connectivity index (χ2n) is 7.71. The Labute approximate surface area is 191 Å². The van der Waals surface area contributed by atoms with Gasteiger partial charge in [0.2, 0.25) is 11.8 Å². The predicted molar refractivity (Wildman–Crippen MR) is 127 cm³/mol. The average Bonchev–Trinajstić information content (AvgIpc) is 3.29. The second kappa shape index (κ2) is 11.7. The second-order valence-corrected chi connectivity index (χ2v) is 10.3. The number of hydrogen-bond acceptors (Lipinski definition) is 6. The van der Waals surface area contributed by atoms with E-state index in [4.69, 9.17) is 9.94 Å². The number of benzene rings is 1. The van der Waals surface area contributed by atoms with Crippen molar-refractivity contribution in [2.24, 2.45) is 0 Å². The molecule has 8 heteroatoms. The number of thioether (sulfide) groups is 1. The molecule has 1 saturated heterocycles. The van der Waals surface area contributed by atoms with Crippen molar-refractivity contribution in [2.45, 2.75) is 50.2 Å². The fraction of sp³-hybridized carbons (Fsp3) is 0.478. The lowest BCUT2D eigenvalue weighted by Crippen LogP contribution is -2.32. The lowest BCUT2D eigenvalue weighted by molar-refractivity contribution is -0.129. The lowest BCUT2D eigenvalue weighted by atomic mass is 9.94. The summed E-state index contributed by atoms with van der Waals surface area (Å²) >= 11 is 3.48. The fourth-order valence-electron chi connectivity index (χ4n) is 3.67. The van der Waals surface area contributed by atoms with Crippen LogP contribution in [0.3, 0.4) is 0 Å². The Morgan fingerprint density at radius 3 is 2.81 bits per heavy atom. The third-order valence-electron chi connectivity index (χ3n) is 5.29. The van der Waals surface area contributed by atoms with Crippen LogP contribution in [0.25, 0.3) is 10.4 Å². The summed E-state index contributed by atoms with van der Waals surface area (Å²) in [4.78, 5) is 26.3. The summed E-state index contributed by atoms with van der Waals surface area (Å²) in [6.45, 7) is 2.73. The van der Waals surface area contributed by atoms with Crippen LogP contribution in [0.1, 0.15) is 50.3 Å². The highest BCUT2D eigenvalue weighted by Crippen LogP contribution is 2.50. The number of hydroxylamine groups is 1. The number of hydrogen-bond donors (Lipinski definition) is 3. The molecule has 1 atom stereocenters. The van der Waals surface area contributed by atoms with Crippen LogP contribution in [0.4, 0.5) is 5.69 Å². The molecule has 3 rings (SSSR count). The Kier molecular flexibility index (Phi) is 8.95. The van der Waals surface area contributed by atoms with E-state index in [1.807, 2.05) is 24.3 Å². The SMILES string of the molecule is CCCCOCC(=O)Nc1cccc(-c2ccc([C@@]3(CC(=O)NO)CCCCS3)s2)c1. The van der Waals surface area contributed by atoms with Crippen molar-refractivity contribution in [3.63, 3.8) is 0 Å². The van der Waals surface area contributed by atoms with Gasteiger partial charge in [-0.15, -0.1) is 23.1 Å². The van der Waals surface area contributed by atoms with Gasteiger partial charge in [-0.25, -0.2) is 5.48 Å². The van der Waals surface area contributed by atoms with Crippen LogP contribution in [0.15, 0.2) is 36.4 Å². The number of carbonyl (C=O) groups is 2. The first-order chi connectivity index (χ1) is 15.1. The van der Waals surface area contributed by atoms with Crippen LogP contribution in [0, 0.1) is 0 Å². The molecular weight excluding hydrogens is 432 g/mol. The van der Waals surface area contributed by atoms with Crippen LogP contribution in [-0.2, 0) is 19.1 Å². The molecule has 1 aliphatic rings. The van der Waals surface area contributed by atoms with Gasteiger partial charge in [-0.1, -0.05) is 31.9 Å². The maximum atomic E-state index is 12.1. The molecule has 1 fully saturated rings. The van der Waals surface area contributed by atoms with Crippen molar-refractivity contribution in [1.82, 2.24) is 5.48 Å². The largest absolute Gasteiger partial charge is 0.372 e. The van der Waals surface area contributed by atoms with Gasteiger partial charge in [-0.05, 0) is 54.8 Å². The molecule has 1 aromatic heterocycles. The van der Waals surface area contributed by atoms with E-state index in [1.165, 1.54) is 0 Å². The van der Waals surface area contributed by atoms with Crippen molar-refractivity contribution in [3.8, 4) is 10.4 Å². The van der Waals surface area contributed by atoms with Gasteiger partial charge in [0.05, 0.1) is 4.75 Å². The number of nitrogens with one attached hydrogen (secondary N) is 2. The summed E-state index contributed by atoms with van der Waals surface area (Å²) in [7, 11) is 0. The first-order valence-corrected chi connectivity index (χ1v) is 12.5. The lowest BCUT2D eigenvalue weighted by Gasteiger charge is -2.35. The van der Waals surface area contributed by atoms with E-state index in [0.717, 1.165) is 58.9 Å². The monoisotopic (exact) mass is 462 g/mol. The number of rotatable bonds is 10. The van der Waals surface area contributed by atoms with Crippen molar-refractivity contribution in [2.75, 3.05) is 24.3 Å². The molecular formula is C23H30N2O4S2. The van der Waals surface area contributed by atoms with Crippen LogP contribution < -0.4 is 10.8 Å². The normalized spacial score (nSPS) is 18.5. The zero-order valence-electron chi connectivity index (χ0n) is 17.8. The standard InChI is InChI=1S/C23H30N2O4S2/c1-2-3-12-29-16-22(27)24-18-8-6-7-17(14-18)19-9-10-20(31-19)23(15-21(26)25-28)11-4-5-13-30-23/h6-10,14,28H,2-5,11-13,15-16H2,1H3,(H,24,27)(H,25,26)/t23-/m0/s1. The Morgan fingerprint density at radius 1 is 1.19 bits per heavy atom. The van der Waals surface area contributed by atoms with E-state index in [1.54, 1.807) is 28.6 Å². The van der Waals surface area contributed by atoms with Crippen molar-refractivity contribution < 1.29 is 19.5 Å². The summed E-state index contributed by atoms with van der Waals surface area (Å²) in [5.41, 5.74) is 3.55. The molecule has 0 aliphatic carbocycles. The minimum atomic E-state index is -0.352. The Hall–Kier alpha value is -1.87. The third kappa shape index (κ3) is 6.55. The van der Waals surface area contributed by atoms with Gasteiger partial charge in [0.15, 0.2) is 0 Å². The van der Waals surface area contributed by atoms with Gasteiger partial charge in [0.25, 0.3) is 0 Å². The summed E-state index contributed by atoms with van der Waals surface area (Å²) in [6, 6.07) is 11.9. The molecule has 168 valence electrons. The van der Waals surface area contributed by atoms with Crippen LogP contribution >= 0.6 is 23.1 Å². The highest BCUT2D eigenvalue weighted by molar-refractivity contribution is 8.00. The molecule has 1 aliphatic heterocycles. The molecule has 3 N–H and O–H groups in total. The maximum Gasteiger partial charge on any atom is 0.250 e. The quantitative estimate of drug-likeness (QED) is 0.257. The summed E-state index contributed by atoms with van der Waals surface area (Å²) in [5, 5.41) is 11.9. The highest BCUT2D eigenvalue weighted by atomic mass is 32.2. The van der Waals surface area contributed by atoms with Crippen molar-refractivity contribution in [1.29, 1.82) is 0 Å². The number of amides is 2. The topological polar surface area (TPSA) is 87.7 Å². The molecule has 2 heterocycles. The molecule has 2 amide bonds. The van der Waals surface area contributed by atoms with E-state index in [2.05, 4.69) is 24.4 Å².